The van der Waals surface area contributed by atoms with Gasteiger partial charge in [0.25, 0.3) is 0 Å². The number of fused-ring (bicyclic) bond motifs is 1. The van der Waals surface area contributed by atoms with E-state index in [1.54, 1.807) is 60.7 Å². The highest BCUT2D eigenvalue weighted by Crippen LogP contribution is 2.48. The first-order valence-electron chi connectivity index (χ1n) is 41.6. The minimum absolute atomic E-state index is 0.0540. The molecule has 13 rings (SSSR count). The predicted molar refractivity (Wildman–Crippen MR) is 472 cm³/mol. The Bertz CT molecular complexity index is 4110. The molecule has 5 heterocycles. The fourth-order valence-corrected chi connectivity index (χ4v) is 16.9. The van der Waals surface area contributed by atoms with Crippen LogP contribution in [0.25, 0.3) is 0 Å². The Morgan fingerprint density at radius 3 is 1.07 bits per heavy atom. The van der Waals surface area contributed by atoms with Crippen LogP contribution in [0.4, 0.5) is 0 Å². The number of unbranched alkanes of at least 4 members (excludes halogenated alkanes) is 1. The average Bonchev–Trinajstić information content (AvgIpc) is 1.60. The lowest BCUT2D eigenvalue weighted by atomic mass is 9.84. The summed E-state index contributed by atoms with van der Waals surface area (Å²) >= 11 is 0. The summed E-state index contributed by atoms with van der Waals surface area (Å²) in [5.74, 6) is 2.67. The van der Waals surface area contributed by atoms with Gasteiger partial charge in [0.05, 0.1) is 93.7 Å². The molecule has 5 aliphatic rings. The fourth-order valence-electron chi connectivity index (χ4n) is 16.9. The largest absolute Gasteiger partial charge is 0.497 e. The number of carbonyl (C=O) groups is 5. The Balaban J connectivity index is 0.000000214. The van der Waals surface area contributed by atoms with Crippen LogP contribution in [0.15, 0.2) is 200 Å². The van der Waals surface area contributed by atoms with E-state index in [9.17, 15) is 44.4 Å². The summed E-state index contributed by atoms with van der Waals surface area (Å²) in [6, 6.07) is 63.1. The van der Waals surface area contributed by atoms with Crippen LogP contribution in [0.5, 0.6) is 63.2 Å². The average molecular weight is 1690 g/mol. The van der Waals surface area contributed by atoms with E-state index in [1.165, 1.54) is 7.11 Å². The Kier molecular flexibility index (Phi) is 40.8. The molecule has 122 heavy (non-hydrogen) atoms. The van der Waals surface area contributed by atoms with Crippen molar-refractivity contribution in [2.75, 3.05) is 144 Å². The number of hydrogen-bond acceptors (Lipinski definition) is 21. The van der Waals surface area contributed by atoms with E-state index in [4.69, 9.17) is 57.8 Å². The number of benzene rings is 8. The SMILES string of the molecule is CCCCN(CCN)C(=O)CN1C[C@H](c2cc(OC)c3c(c2)OCO3)[C@@H](C(=O)O)[C@@H]1CCOc1ccccc1OC.CC[C@H]1[C@H](C(=O)O)[C@@H](c2ccc(OC)cc2)CN1C.CC[C@H]1[C@H](C(=O)O)[C@@H](c2ccc(OC)cc2)CN1C.CC[C@H]1[C@H](C(=O)O)[C@@H](c2ccc(OC)cc2)CN1C.COc1ccccc1.COc1ccccc1.COc1ccccc1. The Hall–Kier alpha value is -11.3. The van der Waals surface area contributed by atoms with Gasteiger partial charge in [0.15, 0.2) is 23.0 Å². The van der Waals surface area contributed by atoms with Crippen LogP contribution in [0, 0.1) is 23.7 Å². The Morgan fingerprint density at radius 2 is 0.746 bits per heavy atom. The second-order valence-electron chi connectivity index (χ2n) is 30.3. The minimum Gasteiger partial charge on any atom is -0.497 e. The molecule has 4 fully saturated rings. The van der Waals surface area contributed by atoms with Crippen molar-refractivity contribution < 1.29 is 96.5 Å². The van der Waals surface area contributed by atoms with Crippen LogP contribution in [-0.4, -0.2) is 243 Å². The first kappa shape index (κ1) is 97.8. The van der Waals surface area contributed by atoms with Gasteiger partial charge in [-0.25, -0.2) is 0 Å². The number of carboxylic acid groups (broad SMARTS) is 4. The van der Waals surface area contributed by atoms with Gasteiger partial charge in [-0.2, -0.15) is 0 Å². The molecule has 26 nitrogen and oxygen atoms in total. The van der Waals surface area contributed by atoms with Crippen LogP contribution < -0.4 is 57.8 Å². The molecule has 0 bridgehead atoms. The number of carboxylic acids is 4. The molecule has 26 heteroatoms. The van der Waals surface area contributed by atoms with Crippen molar-refractivity contribution in [2.45, 2.75) is 114 Å². The number of nitrogens with two attached hydrogens (primary N) is 1. The quantitative estimate of drug-likeness (QED) is 0.0279. The number of amides is 1. The Labute approximate surface area is 720 Å². The molecule has 8 aromatic carbocycles. The van der Waals surface area contributed by atoms with Crippen molar-refractivity contribution >= 4 is 29.8 Å². The van der Waals surface area contributed by atoms with Crippen molar-refractivity contribution in [1.82, 2.24) is 24.5 Å². The Morgan fingerprint density at radius 1 is 0.402 bits per heavy atom. The van der Waals surface area contributed by atoms with Crippen LogP contribution in [0.3, 0.4) is 0 Å². The monoisotopic (exact) mass is 1680 g/mol. The number of hydrogen-bond donors (Lipinski definition) is 5. The fraction of sp³-hybridized carbons (Fsp3) is 0.448. The first-order chi connectivity index (χ1) is 58.9. The number of carbonyl (C=O) groups excluding carboxylic acids is 1. The summed E-state index contributed by atoms with van der Waals surface area (Å²) in [5, 5.41) is 39.0. The van der Waals surface area contributed by atoms with Gasteiger partial charge < -0.3 is 97.9 Å². The van der Waals surface area contributed by atoms with Crippen molar-refractivity contribution in [3.05, 3.63) is 222 Å². The summed E-state index contributed by atoms with van der Waals surface area (Å²) < 4.78 is 58.3. The molecular formula is C96H128N6O20. The standard InChI is InChI=1S/C30H41N3O8.3C15H21NO3.3C7H8O/c1-4-5-12-32(13-11-31)27(34)18-33-17-21(20-15-25(38-3)29-26(16-20)40-19-41-29)28(30(35)36)22(33)10-14-39-24-9-7-6-8-23(24)37-2;3*1-4-13-14(15(17)18)12(9-16(13)2)10-5-7-11(19-3)8-6-10;3*1-8-7-5-3-2-4-6-7/h6-9,15-16,21-22,28H,4-5,10-14,17-19,31H2,1-3H3,(H,35,36);3*5-8,12-14H,4,9H2,1-3H3,(H,17,18);3*2-6H,1H3/t21-,22+,28-;3*12-,13+,14-;;;/m1111.../s1. The van der Waals surface area contributed by atoms with Crippen molar-refractivity contribution in [1.29, 1.82) is 0 Å². The summed E-state index contributed by atoms with van der Waals surface area (Å²) in [6.45, 7) is 12.8. The van der Waals surface area contributed by atoms with Crippen molar-refractivity contribution in [3.63, 3.8) is 0 Å². The number of ether oxygens (including phenoxy) is 11. The van der Waals surface area contributed by atoms with Crippen LogP contribution in [0.1, 0.15) is 112 Å². The lowest BCUT2D eigenvalue weighted by Crippen LogP contribution is -2.46. The third-order valence-corrected chi connectivity index (χ3v) is 23.1. The van der Waals surface area contributed by atoms with Crippen LogP contribution in [0.2, 0.25) is 0 Å². The van der Waals surface area contributed by atoms with Gasteiger partial charge in [-0.05, 0) is 173 Å². The number of likely N-dealkylation sites (tertiary alicyclic amines) is 4. The number of likely N-dealkylation sites (N-methyl/N-ethyl adjacent to an activating group) is 3. The molecule has 0 spiro atoms. The van der Waals surface area contributed by atoms with E-state index in [0.29, 0.717) is 61.3 Å². The third kappa shape index (κ3) is 27.4. The molecule has 0 saturated carbocycles. The molecule has 4 saturated heterocycles. The van der Waals surface area contributed by atoms with E-state index in [0.717, 1.165) is 108 Å². The van der Waals surface area contributed by atoms with Gasteiger partial charge in [-0.15, -0.1) is 0 Å². The molecule has 0 radical (unpaired) electrons. The number of rotatable bonds is 30. The lowest BCUT2D eigenvalue weighted by molar-refractivity contribution is -0.144. The predicted octanol–water partition coefficient (Wildman–Crippen LogP) is 14.7. The van der Waals surface area contributed by atoms with Gasteiger partial charge >= 0.3 is 23.9 Å². The van der Waals surface area contributed by atoms with Crippen molar-refractivity contribution in [2.24, 2.45) is 29.4 Å². The number of aliphatic carboxylic acids is 4. The molecule has 5 aliphatic heterocycles. The zero-order valence-electron chi connectivity index (χ0n) is 73.4. The van der Waals surface area contributed by atoms with Gasteiger partial charge in [-0.3, -0.25) is 28.9 Å². The zero-order chi connectivity index (χ0) is 88.8. The maximum atomic E-state index is 13.5. The maximum absolute atomic E-state index is 13.5. The summed E-state index contributed by atoms with van der Waals surface area (Å²) in [6.07, 6.45) is 4.81. The van der Waals surface area contributed by atoms with Gasteiger partial charge in [-0.1, -0.05) is 137 Å². The highest BCUT2D eigenvalue weighted by molar-refractivity contribution is 5.79. The van der Waals surface area contributed by atoms with Crippen LogP contribution >= 0.6 is 0 Å². The number of nitrogens with zero attached hydrogens (tertiary/aromatic N) is 5. The molecule has 12 atom stereocenters. The normalized spacial score (nSPS) is 21.1. The second-order valence-corrected chi connectivity index (χ2v) is 30.3. The minimum atomic E-state index is -0.936. The highest BCUT2D eigenvalue weighted by atomic mass is 16.7. The molecule has 8 aromatic rings. The smallest absolute Gasteiger partial charge is 0.308 e. The molecule has 0 unspecified atom stereocenters. The van der Waals surface area contributed by atoms with Gasteiger partial charge in [0.2, 0.25) is 18.4 Å². The molecule has 662 valence electrons. The zero-order valence-corrected chi connectivity index (χ0v) is 73.4. The molecule has 1 amide bonds. The first-order valence-corrected chi connectivity index (χ1v) is 41.6. The van der Waals surface area contributed by atoms with E-state index >= 15 is 0 Å². The third-order valence-electron chi connectivity index (χ3n) is 23.1. The van der Waals surface area contributed by atoms with E-state index in [1.807, 2.05) is 241 Å². The molecule has 0 aliphatic carbocycles. The highest BCUT2D eigenvalue weighted by Gasteiger charge is 2.49. The van der Waals surface area contributed by atoms with Crippen LogP contribution in [-0.2, 0) is 24.0 Å². The molecule has 6 N–H and O–H groups in total. The topological polar surface area (TPSA) is 310 Å². The van der Waals surface area contributed by atoms with Gasteiger partial charge in [0.1, 0.15) is 34.5 Å². The van der Waals surface area contributed by atoms with E-state index in [-0.39, 0.29) is 79.5 Å². The number of methoxy groups -OCH3 is 8. The van der Waals surface area contributed by atoms with E-state index < -0.39 is 41.8 Å². The number of para-hydroxylation sites is 5. The maximum Gasteiger partial charge on any atom is 0.308 e. The second kappa shape index (κ2) is 50.8. The summed E-state index contributed by atoms with van der Waals surface area (Å²) in [7, 11) is 19.0. The summed E-state index contributed by atoms with van der Waals surface area (Å²) in [5.41, 5.74) is 9.80. The van der Waals surface area contributed by atoms with Gasteiger partial charge in [0, 0.05) is 93.7 Å². The molecule has 0 aromatic heterocycles. The molecular weight excluding hydrogens is 1560 g/mol. The lowest BCUT2D eigenvalue weighted by Gasteiger charge is -2.29. The van der Waals surface area contributed by atoms with E-state index in [2.05, 4.69) is 21.6 Å². The van der Waals surface area contributed by atoms with Crippen molar-refractivity contribution in [3.8, 4) is 63.2 Å². The summed E-state index contributed by atoms with van der Waals surface area (Å²) in [4.78, 5) is 71.3.